The van der Waals surface area contributed by atoms with E-state index in [0.29, 0.717) is 0 Å². The van der Waals surface area contributed by atoms with Crippen molar-refractivity contribution < 1.29 is 0 Å². The summed E-state index contributed by atoms with van der Waals surface area (Å²) in [6.45, 7) is 5.87. The highest BCUT2D eigenvalue weighted by atomic mass is 15.3. The van der Waals surface area contributed by atoms with E-state index in [9.17, 15) is 0 Å². The van der Waals surface area contributed by atoms with Crippen LogP contribution in [0.2, 0.25) is 0 Å². The Morgan fingerprint density at radius 1 is 1.31 bits per heavy atom. The maximum absolute atomic E-state index is 6.26. The summed E-state index contributed by atoms with van der Waals surface area (Å²) >= 11 is 0. The second-order valence-electron chi connectivity index (χ2n) is 4.93. The lowest BCUT2D eigenvalue weighted by molar-refractivity contribution is 0.0534. The molecule has 0 bridgehead atoms. The van der Waals surface area contributed by atoms with Crippen molar-refractivity contribution in [1.29, 1.82) is 0 Å². The molecule has 1 heterocycles. The maximum atomic E-state index is 6.26. The molecule has 1 aliphatic heterocycles. The Morgan fingerprint density at radius 2 is 2.00 bits per heavy atom. The van der Waals surface area contributed by atoms with Crippen LogP contribution < -0.4 is 5.73 Å². The Bertz CT molecular complexity index is 169. The molecule has 0 aromatic rings. The van der Waals surface area contributed by atoms with Crippen LogP contribution >= 0.6 is 0 Å². The summed E-state index contributed by atoms with van der Waals surface area (Å²) < 4.78 is 0. The molecule has 2 N–H and O–H groups in total. The van der Waals surface area contributed by atoms with Crippen LogP contribution in [-0.2, 0) is 0 Å². The van der Waals surface area contributed by atoms with Gasteiger partial charge in [0.25, 0.3) is 0 Å². The lowest BCUT2D eigenvalue weighted by Crippen LogP contribution is -2.68. The molecular formula is C11H22N2. The van der Waals surface area contributed by atoms with Crippen molar-refractivity contribution in [3.8, 4) is 0 Å². The molecule has 2 heteroatoms. The first-order chi connectivity index (χ1) is 6.24. The van der Waals surface area contributed by atoms with Gasteiger partial charge in [0.1, 0.15) is 0 Å². The zero-order valence-electron chi connectivity index (χ0n) is 8.76. The van der Waals surface area contributed by atoms with Gasteiger partial charge in [0.2, 0.25) is 0 Å². The summed E-state index contributed by atoms with van der Waals surface area (Å²) in [5, 5.41) is 0. The predicted octanol–water partition coefficient (Wildman–Crippen LogP) is 1.60. The van der Waals surface area contributed by atoms with Gasteiger partial charge in [0.15, 0.2) is 0 Å². The van der Waals surface area contributed by atoms with Gasteiger partial charge in [-0.3, -0.25) is 4.90 Å². The normalized spacial score (nSPS) is 27.2. The molecule has 1 saturated heterocycles. The molecular weight excluding hydrogens is 160 g/mol. The highest BCUT2D eigenvalue weighted by Crippen LogP contribution is 2.42. The zero-order chi connectivity index (χ0) is 9.31. The third kappa shape index (κ3) is 2.05. The smallest absolute Gasteiger partial charge is 0.0440 e. The average molecular weight is 182 g/mol. The first-order valence-electron chi connectivity index (χ1n) is 5.76. The lowest BCUT2D eigenvalue weighted by atomic mass is 9.85. The second-order valence-corrected chi connectivity index (χ2v) is 4.93. The number of hydrogen-bond donors (Lipinski definition) is 1. The zero-order valence-corrected chi connectivity index (χ0v) is 8.76. The molecule has 0 aromatic heterocycles. The number of rotatable bonds is 5. The van der Waals surface area contributed by atoms with Crippen molar-refractivity contribution in [3.63, 3.8) is 0 Å². The van der Waals surface area contributed by atoms with E-state index in [-0.39, 0.29) is 5.54 Å². The topological polar surface area (TPSA) is 29.3 Å². The van der Waals surface area contributed by atoms with Crippen LogP contribution in [0.3, 0.4) is 0 Å². The van der Waals surface area contributed by atoms with Crippen LogP contribution in [0.15, 0.2) is 0 Å². The first kappa shape index (κ1) is 9.47. The fourth-order valence-electron chi connectivity index (χ4n) is 2.45. The monoisotopic (exact) mass is 182 g/mol. The molecule has 0 radical (unpaired) electrons. The molecule has 0 spiro atoms. The van der Waals surface area contributed by atoms with E-state index in [1.807, 2.05) is 0 Å². The van der Waals surface area contributed by atoms with Crippen molar-refractivity contribution in [2.75, 3.05) is 19.6 Å². The Labute approximate surface area is 81.5 Å². The molecule has 2 rings (SSSR count). The number of likely N-dealkylation sites (tertiary alicyclic amines) is 1. The van der Waals surface area contributed by atoms with Crippen LogP contribution in [0.4, 0.5) is 0 Å². The SMILES string of the molecule is CCCCCN1CC(N)(C2CC2)C1. The molecule has 2 fully saturated rings. The van der Waals surface area contributed by atoms with Gasteiger partial charge in [-0.25, -0.2) is 0 Å². The van der Waals surface area contributed by atoms with Crippen LogP contribution in [-0.4, -0.2) is 30.1 Å². The maximum Gasteiger partial charge on any atom is 0.0440 e. The first-order valence-corrected chi connectivity index (χ1v) is 5.76. The average Bonchev–Trinajstić information content (AvgIpc) is 2.83. The van der Waals surface area contributed by atoms with Crippen molar-refractivity contribution in [2.24, 2.45) is 11.7 Å². The molecule has 0 amide bonds. The summed E-state index contributed by atoms with van der Waals surface area (Å²) in [5.41, 5.74) is 6.49. The van der Waals surface area contributed by atoms with Crippen molar-refractivity contribution in [2.45, 2.75) is 44.6 Å². The van der Waals surface area contributed by atoms with Crippen molar-refractivity contribution in [1.82, 2.24) is 4.90 Å². The van der Waals surface area contributed by atoms with Crippen molar-refractivity contribution >= 4 is 0 Å². The van der Waals surface area contributed by atoms with E-state index in [1.165, 1.54) is 51.7 Å². The van der Waals surface area contributed by atoms with Gasteiger partial charge in [-0.15, -0.1) is 0 Å². The molecule has 0 atom stereocenters. The Balaban J connectivity index is 1.60. The van der Waals surface area contributed by atoms with Gasteiger partial charge in [0, 0.05) is 18.6 Å². The molecule has 76 valence electrons. The van der Waals surface area contributed by atoms with Gasteiger partial charge in [-0.2, -0.15) is 0 Å². The molecule has 2 aliphatic rings. The van der Waals surface area contributed by atoms with E-state index in [1.54, 1.807) is 0 Å². The summed E-state index contributed by atoms with van der Waals surface area (Å²) in [6.07, 6.45) is 6.83. The fourth-order valence-corrected chi connectivity index (χ4v) is 2.45. The number of unbranched alkanes of at least 4 members (excludes halogenated alkanes) is 2. The number of nitrogens with two attached hydrogens (primary N) is 1. The largest absolute Gasteiger partial charge is 0.323 e. The fraction of sp³-hybridized carbons (Fsp3) is 1.00. The van der Waals surface area contributed by atoms with Crippen LogP contribution in [0, 0.1) is 5.92 Å². The van der Waals surface area contributed by atoms with Gasteiger partial charge < -0.3 is 5.73 Å². The van der Waals surface area contributed by atoms with Gasteiger partial charge in [-0.05, 0) is 31.7 Å². The molecule has 1 saturated carbocycles. The highest BCUT2D eigenvalue weighted by molar-refractivity contribution is 5.08. The summed E-state index contributed by atoms with van der Waals surface area (Å²) in [6, 6.07) is 0. The Morgan fingerprint density at radius 3 is 2.54 bits per heavy atom. The van der Waals surface area contributed by atoms with Gasteiger partial charge in [-0.1, -0.05) is 19.8 Å². The third-order valence-electron chi connectivity index (χ3n) is 3.50. The highest BCUT2D eigenvalue weighted by Gasteiger charge is 2.49. The Hall–Kier alpha value is -0.0800. The van der Waals surface area contributed by atoms with Crippen LogP contribution in [0.25, 0.3) is 0 Å². The lowest BCUT2D eigenvalue weighted by Gasteiger charge is -2.48. The second kappa shape index (κ2) is 3.58. The molecule has 13 heavy (non-hydrogen) atoms. The number of hydrogen-bond acceptors (Lipinski definition) is 2. The molecule has 1 aliphatic carbocycles. The van der Waals surface area contributed by atoms with E-state index in [2.05, 4.69) is 11.8 Å². The minimum Gasteiger partial charge on any atom is -0.323 e. The van der Waals surface area contributed by atoms with Crippen molar-refractivity contribution in [3.05, 3.63) is 0 Å². The third-order valence-corrected chi connectivity index (χ3v) is 3.50. The summed E-state index contributed by atoms with van der Waals surface area (Å²) in [7, 11) is 0. The minimum atomic E-state index is 0.228. The molecule has 2 nitrogen and oxygen atoms in total. The number of nitrogens with zero attached hydrogens (tertiary/aromatic N) is 1. The predicted molar refractivity (Wildman–Crippen MR) is 55.6 cm³/mol. The molecule has 0 aromatic carbocycles. The van der Waals surface area contributed by atoms with Crippen LogP contribution in [0.1, 0.15) is 39.0 Å². The van der Waals surface area contributed by atoms with E-state index in [4.69, 9.17) is 5.73 Å². The standard InChI is InChI=1S/C11H22N2/c1-2-3-4-7-13-8-11(12,9-13)10-5-6-10/h10H,2-9,12H2,1H3. The van der Waals surface area contributed by atoms with E-state index in [0.717, 1.165) is 5.92 Å². The quantitative estimate of drug-likeness (QED) is 0.654. The Kier molecular flexibility index (Phi) is 2.61. The minimum absolute atomic E-state index is 0.228. The van der Waals surface area contributed by atoms with Gasteiger partial charge >= 0.3 is 0 Å². The molecule has 0 unspecified atom stereocenters. The van der Waals surface area contributed by atoms with E-state index >= 15 is 0 Å². The summed E-state index contributed by atoms with van der Waals surface area (Å²) in [4.78, 5) is 2.52. The summed E-state index contributed by atoms with van der Waals surface area (Å²) in [5.74, 6) is 0.870. The van der Waals surface area contributed by atoms with Gasteiger partial charge in [0.05, 0.1) is 0 Å². The van der Waals surface area contributed by atoms with Crippen LogP contribution in [0.5, 0.6) is 0 Å². The van der Waals surface area contributed by atoms with E-state index < -0.39 is 0 Å².